The molecule has 2 amide bonds. The molecule has 154 valence electrons. The Balaban J connectivity index is 1.78. The summed E-state index contributed by atoms with van der Waals surface area (Å²) in [7, 11) is 1.57. The Bertz CT molecular complexity index is 899. The molecular formula is C21H21F3N2O3. The van der Waals surface area contributed by atoms with E-state index in [1.54, 1.807) is 25.3 Å². The number of benzene rings is 2. The molecule has 3 rings (SSSR count). The second kappa shape index (κ2) is 8.55. The van der Waals surface area contributed by atoms with Crippen molar-refractivity contribution >= 4 is 11.8 Å². The topological polar surface area (TPSA) is 58.6 Å². The summed E-state index contributed by atoms with van der Waals surface area (Å²) in [6, 6.07) is 13.4. The van der Waals surface area contributed by atoms with Crippen molar-refractivity contribution in [2.45, 2.75) is 25.1 Å². The predicted molar refractivity (Wildman–Crippen MR) is 102 cm³/mol. The summed E-state index contributed by atoms with van der Waals surface area (Å²) < 4.78 is 42.4. The minimum Gasteiger partial charge on any atom is -0.497 e. The van der Waals surface area contributed by atoms with Gasteiger partial charge in [-0.15, -0.1) is 0 Å². The number of rotatable bonds is 5. The number of methoxy groups -OCH3 is 1. The summed E-state index contributed by atoms with van der Waals surface area (Å²) in [4.78, 5) is 26.5. The monoisotopic (exact) mass is 406 g/mol. The number of amides is 2. The Labute approximate surface area is 166 Å². The lowest BCUT2D eigenvalue weighted by Crippen LogP contribution is -2.48. The molecule has 29 heavy (non-hydrogen) atoms. The highest BCUT2D eigenvalue weighted by Gasteiger charge is 2.36. The van der Waals surface area contributed by atoms with E-state index in [2.05, 4.69) is 0 Å². The van der Waals surface area contributed by atoms with E-state index < -0.39 is 24.7 Å². The number of likely N-dealkylation sites (tertiary alicyclic amines) is 1. The molecule has 1 heterocycles. The van der Waals surface area contributed by atoms with Crippen LogP contribution in [0.4, 0.5) is 13.2 Å². The number of alkyl halides is 3. The summed E-state index contributed by atoms with van der Waals surface area (Å²) in [6.45, 7) is -1.08. The van der Waals surface area contributed by atoms with Gasteiger partial charge in [-0.2, -0.15) is 13.2 Å². The summed E-state index contributed by atoms with van der Waals surface area (Å²) in [5, 5.41) is 1.88. The molecule has 0 aliphatic carbocycles. The van der Waals surface area contributed by atoms with E-state index in [4.69, 9.17) is 4.74 Å². The first-order valence-electron chi connectivity index (χ1n) is 9.18. The smallest absolute Gasteiger partial charge is 0.405 e. The standard InChI is InChI=1S/C21H21F3N2O3/c1-29-17-8-3-6-15(12-17)14-5-2-7-16(11-14)20(28)26-10-4-9-18(26)19(27)25-13-21(22,23)24/h2-3,5-8,11-12,18H,4,9-10,13H2,1H3,(H,25,27). The Morgan fingerprint density at radius 1 is 1.14 bits per heavy atom. The maximum atomic E-state index is 13.0. The predicted octanol–water partition coefficient (Wildman–Crippen LogP) is 3.65. The third-order valence-electron chi connectivity index (χ3n) is 4.79. The molecule has 8 heteroatoms. The van der Waals surface area contributed by atoms with Crippen molar-refractivity contribution in [1.29, 1.82) is 0 Å². The normalized spacial score (nSPS) is 16.6. The first-order chi connectivity index (χ1) is 13.8. The number of hydrogen-bond donors (Lipinski definition) is 1. The second-order valence-corrected chi connectivity index (χ2v) is 6.80. The van der Waals surface area contributed by atoms with Crippen LogP contribution in [-0.2, 0) is 4.79 Å². The number of nitrogens with zero attached hydrogens (tertiary/aromatic N) is 1. The van der Waals surface area contributed by atoms with Crippen LogP contribution in [0.2, 0.25) is 0 Å². The van der Waals surface area contributed by atoms with Crippen LogP contribution in [0.3, 0.4) is 0 Å². The van der Waals surface area contributed by atoms with Crippen molar-refractivity contribution in [2.24, 2.45) is 0 Å². The molecule has 0 aromatic heterocycles. The average Bonchev–Trinajstić information content (AvgIpc) is 3.21. The Kier molecular flexibility index (Phi) is 6.10. The molecule has 1 unspecified atom stereocenters. The third-order valence-corrected chi connectivity index (χ3v) is 4.79. The summed E-state index contributed by atoms with van der Waals surface area (Å²) in [5.41, 5.74) is 2.03. The van der Waals surface area contributed by atoms with E-state index in [0.717, 1.165) is 11.1 Å². The number of carbonyl (C=O) groups excluding carboxylic acids is 2. The molecule has 1 N–H and O–H groups in total. The van der Waals surface area contributed by atoms with Crippen LogP contribution < -0.4 is 10.1 Å². The van der Waals surface area contributed by atoms with Gasteiger partial charge in [0.1, 0.15) is 18.3 Å². The van der Waals surface area contributed by atoms with Crippen LogP contribution in [0, 0.1) is 0 Å². The zero-order chi connectivity index (χ0) is 21.0. The van der Waals surface area contributed by atoms with Crippen LogP contribution >= 0.6 is 0 Å². The van der Waals surface area contributed by atoms with Crippen LogP contribution in [0.15, 0.2) is 48.5 Å². The molecule has 2 aromatic carbocycles. The second-order valence-electron chi connectivity index (χ2n) is 6.80. The van der Waals surface area contributed by atoms with Gasteiger partial charge in [0.2, 0.25) is 5.91 Å². The number of halogens is 3. The van der Waals surface area contributed by atoms with Crippen molar-refractivity contribution in [1.82, 2.24) is 10.2 Å². The van der Waals surface area contributed by atoms with E-state index >= 15 is 0 Å². The average molecular weight is 406 g/mol. The lowest BCUT2D eigenvalue weighted by molar-refractivity contribution is -0.140. The fourth-order valence-corrected chi connectivity index (χ4v) is 3.39. The van der Waals surface area contributed by atoms with Crippen LogP contribution in [0.5, 0.6) is 5.75 Å². The van der Waals surface area contributed by atoms with E-state index in [0.29, 0.717) is 30.7 Å². The minimum atomic E-state index is -4.49. The number of hydrogen-bond acceptors (Lipinski definition) is 3. The van der Waals surface area contributed by atoms with E-state index in [9.17, 15) is 22.8 Å². The highest BCUT2D eigenvalue weighted by atomic mass is 19.4. The van der Waals surface area contributed by atoms with Crippen LogP contribution in [0.1, 0.15) is 23.2 Å². The molecule has 1 aliphatic heterocycles. The summed E-state index contributed by atoms with van der Waals surface area (Å²) in [6.07, 6.45) is -3.59. The van der Waals surface area contributed by atoms with Gasteiger partial charge in [-0.3, -0.25) is 9.59 Å². The van der Waals surface area contributed by atoms with Gasteiger partial charge in [0.15, 0.2) is 0 Å². The van der Waals surface area contributed by atoms with Crippen molar-refractivity contribution in [2.75, 3.05) is 20.2 Å². The lowest BCUT2D eigenvalue weighted by Gasteiger charge is -2.24. The van der Waals surface area contributed by atoms with Crippen LogP contribution in [-0.4, -0.2) is 49.1 Å². The molecule has 1 aliphatic rings. The molecule has 2 aromatic rings. The first kappa shape index (κ1) is 20.7. The molecule has 0 bridgehead atoms. The first-order valence-corrected chi connectivity index (χ1v) is 9.18. The SMILES string of the molecule is COc1cccc(-c2cccc(C(=O)N3CCCC3C(=O)NCC(F)(F)F)c2)c1. The molecule has 1 fully saturated rings. The molecule has 0 radical (unpaired) electrons. The van der Waals surface area contributed by atoms with Crippen molar-refractivity contribution < 1.29 is 27.5 Å². The van der Waals surface area contributed by atoms with Gasteiger partial charge in [0.05, 0.1) is 7.11 Å². The van der Waals surface area contributed by atoms with Gasteiger partial charge in [-0.1, -0.05) is 24.3 Å². The Hall–Kier alpha value is -3.03. The zero-order valence-electron chi connectivity index (χ0n) is 15.8. The van der Waals surface area contributed by atoms with Gasteiger partial charge in [-0.25, -0.2) is 0 Å². The molecule has 5 nitrogen and oxygen atoms in total. The highest BCUT2D eigenvalue weighted by Crippen LogP contribution is 2.26. The largest absolute Gasteiger partial charge is 0.497 e. The Morgan fingerprint density at radius 3 is 2.52 bits per heavy atom. The van der Waals surface area contributed by atoms with E-state index in [1.807, 2.05) is 35.6 Å². The van der Waals surface area contributed by atoms with Gasteiger partial charge in [-0.05, 0) is 48.2 Å². The lowest BCUT2D eigenvalue weighted by atomic mass is 10.0. The zero-order valence-corrected chi connectivity index (χ0v) is 15.8. The van der Waals surface area contributed by atoms with Gasteiger partial charge < -0.3 is 15.0 Å². The molecule has 0 spiro atoms. The molecule has 0 saturated carbocycles. The summed E-state index contributed by atoms with van der Waals surface area (Å²) >= 11 is 0. The fraction of sp³-hybridized carbons (Fsp3) is 0.333. The summed E-state index contributed by atoms with van der Waals surface area (Å²) in [5.74, 6) is -0.475. The van der Waals surface area contributed by atoms with Crippen molar-refractivity contribution in [3.63, 3.8) is 0 Å². The molecular weight excluding hydrogens is 385 g/mol. The number of carbonyl (C=O) groups is 2. The maximum Gasteiger partial charge on any atom is 0.405 e. The minimum absolute atomic E-state index is 0.326. The van der Waals surface area contributed by atoms with Gasteiger partial charge >= 0.3 is 6.18 Å². The number of nitrogens with one attached hydrogen (secondary N) is 1. The quantitative estimate of drug-likeness (QED) is 0.825. The van der Waals surface area contributed by atoms with Gasteiger partial charge in [0, 0.05) is 12.1 Å². The fourth-order valence-electron chi connectivity index (χ4n) is 3.39. The number of ether oxygens (including phenoxy) is 1. The van der Waals surface area contributed by atoms with Gasteiger partial charge in [0.25, 0.3) is 5.91 Å². The molecule has 1 atom stereocenters. The molecule has 1 saturated heterocycles. The third kappa shape index (κ3) is 5.07. The van der Waals surface area contributed by atoms with Crippen molar-refractivity contribution in [3.8, 4) is 16.9 Å². The van der Waals surface area contributed by atoms with E-state index in [1.165, 1.54) is 4.90 Å². The van der Waals surface area contributed by atoms with E-state index in [-0.39, 0.29) is 5.91 Å². The van der Waals surface area contributed by atoms with Crippen molar-refractivity contribution in [3.05, 3.63) is 54.1 Å². The maximum absolute atomic E-state index is 13.0. The van der Waals surface area contributed by atoms with Crippen LogP contribution in [0.25, 0.3) is 11.1 Å². The Morgan fingerprint density at radius 2 is 1.83 bits per heavy atom. The highest BCUT2D eigenvalue weighted by molar-refractivity contribution is 5.98.